The van der Waals surface area contributed by atoms with Crippen LogP contribution in [-0.4, -0.2) is 5.91 Å². The molecule has 2 aromatic rings. The zero-order valence-electron chi connectivity index (χ0n) is 13.0. The predicted octanol–water partition coefficient (Wildman–Crippen LogP) is 4.26. The lowest BCUT2D eigenvalue weighted by Crippen LogP contribution is -2.38. The summed E-state index contributed by atoms with van der Waals surface area (Å²) in [5.41, 5.74) is 2.93. The highest BCUT2D eigenvalue weighted by atomic mass is 32.1. The standard InChI is InChI=1S/C18H19FN2OS/c1-2-10-3-8-13-14(9-10)23-18-15(13)17(22)20-16(21-18)11-4-6-12(19)7-5-11/h4-7,10,16,21H,2-3,8-9H2,1H3,(H,20,22)/t10-,16-/m0/s1. The lowest BCUT2D eigenvalue weighted by Gasteiger charge is -2.27. The van der Waals surface area contributed by atoms with Gasteiger partial charge in [0, 0.05) is 4.88 Å². The maximum Gasteiger partial charge on any atom is 0.256 e. The maximum atomic E-state index is 13.1. The first kappa shape index (κ1) is 14.7. The SMILES string of the molecule is CC[C@H]1CCc2c(sc3c2C(=O)N[C@H](c2ccc(F)cc2)N3)C1. The Bertz CT molecular complexity index is 753. The summed E-state index contributed by atoms with van der Waals surface area (Å²) in [5.74, 6) is 0.452. The van der Waals surface area contributed by atoms with E-state index in [0.717, 1.165) is 34.9 Å². The van der Waals surface area contributed by atoms with Gasteiger partial charge in [-0.05, 0) is 48.4 Å². The van der Waals surface area contributed by atoms with Gasteiger partial charge >= 0.3 is 0 Å². The lowest BCUT2D eigenvalue weighted by molar-refractivity contribution is 0.0935. The van der Waals surface area contributed by atoms with Crippen molar-refractivity contribution in [2.75, 3.05) is 5.32 Å². The van der Waals surface area contributed by atoms with E-state index in [-0.39, 0.29) is 17.9 Å². The van der Waals surface area contributed by atoms with Gasteiger partial charge in [0.25, 0.3) is 5.91 Å². The number of carbonyl (C=O) groups is 1. The highest BCUT2D eigenvalue weighted by Crippen LogP contribution is 2.43. The number of halogens is 1. The van der Waals surface area contributed by atoms with Crippen LogP contribution in [0.5, 0.6) is 0 Å². The van der Waals surface area contributed by atoms with Crippen molar-refractivity contribution < 1.29 is 9.18 Å². The highest BCUT2D eigenvalue weighted by Gasteiger charge is 2.33. The number of carbonyl (C=O) groups excluding carboxylic acids is 1. The summed E-state index contributed by atoms with van der Waals surface area (Å²) in [6.07, 6.45) is 4.15. The Morgan fingerprint density at radius 1 is 1.26 bits per heavy atom. The first-order valence-corrected chi connectivity index (χ1v) is 8.94. The normalized spacial score (nSPS) is 22.8. The van der Waals surface area contributed by atoms with Crippen molar-refractivity contribution in [3.63, 3.8) is 0 Å². The number of hydrogen-bond acceptors (Lipinski definition) is 3. The Labute approximate surface area is 138 Å². The molecule has 0 fully saturated rings. The van der Waals surface area contributed by atoms with Gasteiger partial charge in [-0.2, -0.15) is 0 Å². The zero-order chi connectivity index (χ0) is 16.0. The number of fused-ring (bicyclic) bond motifs is 3. The summed E-state index contributed by atoms with van der Waals surface area (Å²) in [6, 6.07) is 6.26. The molecule has 4 rings (SSSR count). The van der Waals surface area contributed by atoms with E-state index in [0.29, 0.717) is 0 Å². The summed E-state index contributed by atoms with van der Waals surface area (Å²) in [6.45, 7) is 2.23. The second-order valence-electron chi connectivity index (χ2n) is 6.33. The molecule has 0 bridgehead atoms. The van der Waals surface area contributed by atoms with Crippen molar-refractivity contribution in [1.29, 1.82) is 0 Å². The van der Waals surface area contributed by atoms with Gasteiger partial charge in [-0.1, -0.05) is 25.5 Å². The monoisotopic (exact) mass is 330 g/mol. The molecule has 5 heteroatoms. The molecule has 2 N–H and O–H groups in total. The molecule has 2 heterocycles. The van der Waals surface area contributed by atoms with Crippen LogP contribution >= 0.6 is 11.3 Å². The van der Waals surface area contributed by atoms with Crippen molar-refractivity contribution in [3.05, 3.63) is 51.7 Å². The minimum absolute atomic E-state index is 0.0134. The second-order valence-corrected chi connectivity index (χ2v) is 7.43. The van der Waals surface area contributed by atoms with Crippen LogP contribution in [0.2, 0.25) is 0 Å². The molecule has 1 amide bonds. The van der Waals surface area contributed by atoms with E-state index in [1.54, 1.807) is 23.5 Å². The van der Waals surface area contributed by atoms with E-state index in [9.17, 15) is 9.18 Å². The fourth-order valence-electron chi connectivity index (χ4n) is 3.54. The zero-order valence-corrected chi connectivity index (χ0v) is 13.8. The Hall–Kier alpha value is -1.88. The van der Waals surface area contributed by atoms with Gasteiger partial charge in [-0.15, -0.1) is 11.3 Å². The van der Waals surface area contributed by atoms with E-state index >= 15 is 0 Å². The van der Waals surface area contributed by atoms with Crippen LogP contribution in [0.25, 0.3) is 0 Å². The Kier molecular flexibility index (Phi) is 3.60. The van der Waals surface area contributed by atoms with Crippen LogP contribution < -0.4 is 10.6 Å². The fourth-order valence-corrected chi connectivity index (χ4v) is 4.92. The summed E-state index contributed by atoms with van der Waals surface area (Å²) in [7, 11) is 0. The molecule has 0 spiro atoms. The van der Waals surface area contributed by atoms with E-state index in [1.165, 1.54) is 35.4 Å². The largest absolute Gasteiger partial charge is 0.353 e. The Morgan fingerprint density at radius 2 is 2.04 bits per heavy atom. The van der Waals surface area contributed by atoms with Crippen LogP contribution in [0.1, 0.15) is 52.3 Å². The molecule has 23 heavy (non-hydrogen) atoms. The molecule has 2 atom stereocenters. The Morgan fingerprint density at radius 3 is 2.78 bits per heavy atom. The van der Waals surface area contributed by atoms with Crippen molar-refractivity contribution in [2.45, 2.75) is 38.8 Å². The summed E-state index contributed by atoms with van der Waals surface area (Å²) < 4.78 is 13.1. The molecule has 1 aromatic heterocycles. The van der Waals surface area contributed by atoms with Gasteiger partial charge in [0.1, 0.15) is 17.0 Å². The topological polar surface area (TPSA) is 41.1 Å². The van der Waals surface area contributed by atoms with Crippen molar-refractivity contribution >= 4 is 22.2 Å². The van der Waals surface area contributed by atoms with E-state index in [2.05, 4.69) is 17.6 Å². The van der Waals surface area contributed by atoms with Gasteiger partial charge in [0.15, 0.2) is 0 Å². The van der Waals surface area contributed by atoms with Crippen LogP contribution in [0, 0.1) is 11.7 Å². The van der Waals surface area contributed by atoms with E-state index in [1.807, 2.05) is 0 Å². The van der Waals surface area contributed by atoms with Gasteiger partial charge in [-0.25, -0.2) is 4.39 Å². The minimum atomic E-state index is -0.294. The quantitative estimate of drug-likeness (QED) is 0.864. The number of anilines is 1. The Balaban J connectivity index is 1.66. The van der Waals surface area contributed by atoms with E-state index in [4.69, 9.17) is 0 Å². The maximum absolute atomic E-state index is 13.1. The number of amides is 1. The van der Waals surface area contributed by atoms with Gasteiger partial charge < -0.3 is 10.6 Å². The number of benzene rings is 1. The third-order valence-electron chi connectivity index (χ3n) is 4.93. The van der Waals surface area contributed by atoms with Gasteiger partial charge in [-0.3, -0.25) is 4.79 Å². The molecule has 2 aliphatic rings. The molecule has 0 saturated heterocycles. The first-order valence-electron chi connectivity index (χ1n) is 8.13. The molecular weight excluding hydrogens is 311 g/mol. The summed E-state index contributed by atoms with van der Waals surface area (Å²) in [5, 5.41) is 7.38. The third kappa shape index (κ3) is 2.53. The molecule has 0 radical (unpaired) electrons. The number of nitrogens with one attached hydrogen (secondary N) is 2. The van der Waals surface area contributed by atoms with Crippen LogP contribution in [0.3, 0.4) is 0 Å². The van der Waals surface area contributed by atoms with Crippen molar-refractivity contribution in [2.24, 2.45) is 5.92 Å². The molecule has 1 aliphatic heterocycles. The average molecular weight is 330 g/mol. The molecule has 120 valence electrons. The number of rotatable bonds is 2. The second kappa shape index (κ2) is 5.64. The molecule has 1 aromatic carbocycles. The minimum Gasteiger partial charge on any atom is -0.353 e. The van der Waals surface area contributed by atoms with Gasteiger partial charge in [0.2, 0.25) is 0 Å². The molecule has 1 aliphatic carbocycles. The summed E-state index contributed by atoms with van der Waals surface area (Å²) in [4.78, 5) is 14.0. The lowest BCUT2D eigenvalue weighted by atomic mass is 9.85. The van der Waals surface area contributed by atoms with Crippen molar-refractivity contribution in [1.82, 2.24) is 5.32 Å². The van der Waals surface area contributed by atoms with Crippen LogP contribution in [0.4, 0.5) is 9.39 Å². The molecule has 0 unspecified atom stereocenters. The molecule has 0 saturated carbocycles. The average Bonchev–Trinajstić information content (AvgIpc) is 2.93. The highest BCUT2D eigenvalue weighted by molar-refractivity contribution is 7.16. The molecular formula is C18H19FN2OS. The summed E-state index contributed by atoms with van der Waals surface area (Å²) >= 11 is 1.72. The smallest absolute Gasteiger partial charge is 0.256 e. The predicted molar refractivity (Wildman–Crippen MR) is 90.4 cm³/mol. The number of thiophene rings is 1. The third-order valence-corrected chi connectivity index (χ3v) is 6.11. The molecule has 3 nitrogen and oxygen atoms in total. The van der Waals surface area contributed by atoms with Gasteiger partial charge in [0.05, 0.1) is 5.56 Å². The van der Waals surface area contributed by atoms with Crippen LogP contribution in [0.15, 0.2) is 24.3 Å². The first-order chi connectivity index (χ1) is 11.2. The van der Waals surface area contributed by atoms with Crippen molar-refractivity contribution in [3.8, 4) is 0 Å². The number of hydrogen-bond donors (Lipinski definition) is 2. The van der Waals surface area contributed by atoms with Crippen LogP contribution in [-0.2, 0) is 12.8 Å². The fraction of sp³-hybridized carbons (Fsp3) is 0.389. The van der Waals surface area contributed by atoms with E-state index < -0.39 is 0 Å².